The van der Waals surface area contributed by atoms with E-state index in [1.54, 1.807) is 6.07 Å². The van der Waals surface area contributed by atoms with Gasteiger partial charge in [0.25, 0.3) is 0 Å². The minimum absolute atomic E-state index is 0.00368. The predicted octanol–water partition coefficient (Wildman–Crippen LogP) is 1.98. The van der Waals surface area contributed by atoms with Gasteiger partial charge in [0.05, 0.1) is 5.69 Å². The summed E-state index contributed by atoms with van der Waals surface area (Å²) in [5.41, 5.74) is 0.680. The summed E-state index contributed by atoms with van der Waals surface area (Å²) in [6, 6.07) is 4.35. The highest BCUT2D eigenvalue weighted by molar-refractivity contribution is 14.1. The molecule has 1 amide bonds. The van der Waals surface area contributed by atoms with Crippen molar-refractivity contribution in [2.75, 3.05) is 18.4 Å². The van der Waals surface area contributed by atoms with Crippen molar-refractivity contribution < 1.29 is 9.18 Å². The Kier molecular flexibility index (Phi) is 3.75. The van der Waals surface area contributed by atoms with Crippen LogP contribution in [0.5, 0.6) is 0 Å². The number of benzene rings is 1. The summed E-state index contributed by atoms with van der Waals surface area (Å²) in [4.78, 5) is 11.6. The summed E-state index contributed by atoms with van der Waals surface area (Å²) in [6.45, 7) is 1.82. The van der Waals surface area contributed by atoms with Crippen molar-refractivity contribution in [3.63, 3.8) is 0 Å². The number of hydrogen-bond acceptors (Lipinski definition) is 2. The van der Waals surface area contributed by atoms with E-state index in [4.69, 9.17) is 0 Å². The second-order valence-corrected chi connectivity index (χ2v) is 5.06. The number of hydrogen-bond donors (Lipinski definition) is 2. The molecule has 0 radical (unpaired) electrons. The fourth-order valence-corrected chi connectivity index (χ4v) is 2.16. The van der Waals surface area contributed by atoms with Crippen LogP contribution in [0.4, 0.5) is 10.1 Å². The molecule has 1 aromatic rings. The van der Waals surface area contributed by atoms with Crippen LogP contribution in [0, 0.1) is 15.3 Å². The molecule has 0 unspecified atom stereocenters. The number of carbonyl (C=O) groups is 1. The molecule has 0 aromatic heterocycles. The van der Waals surface area contributed by atoms with Gasteiger partial charge in [-0.05, 0) is 59.8 Å². The highest BCUT2D eigenvalue weighted by Crippen LogP contribution is 2.20. The normalized spacial score (nSPS) is 15.6. The molecule has 0 bridgehead atoms. The van der Waals surface area contributed by atoms with E-state index >= 15 is 0 Å². The Hall–Kier alpha value is -0.690. The van der Waals surface area contributed by atoms with Crippen LogP contribution in [0.15, 0.2) is 18.2 Å². The zero-order valence-corrected chi connectivity index (χ0v) is 10.8. The van der Waals surface area contributed by atoms with Crippen molar-refractivity contribution in [1.82, 2.24) is 5.32 Å². The molecule has 2 N–H and O–H groups in total. The molecule has 0 spiro atoms. The van der Waals surface area contributed by atoms with Crippen LogP contribution in [-0.4, -0.2) is 19.0 Å². The highest BCUT2D eigenvalue weighted by Gasteiger charge is 2.20. The molecule has 1 aliphatic rings. The first-order valence-electron chi connectivity index (χ1n) is 5.11. The van der Waals surface area contributed by atoms with Gasteiger partial charge in [-0.15, -0.1) is 0 Å². The first-order valence-corrected chi connectivity index (χ1v) is 6.18. The predicted molar refractivity (Wildman–Crippen MR) is 68.7 cm³/mol. The molecule has 0 saturated carbocycles. The Bertz CT molecular complexity index is 407. The van der Waals surface area contributed by atoms with Gasteiger partial charge in [-0.2, -0.15) is 0 Å². The van der Waals surface area contributed by atoms with E-state index in [1.807, 2.05) is 22.6 Å². The first-order chi connectivity index (χ1) is 7.65. The topological polar surface area (TPSA) is 41.1 Å². The van der Waals surface area contributed by atoms with Gasteiger partial charge in [0, 0.05) is 9.99 Å². The van der Waals surface area contributed by atoms with Crippen LogP contribution in [0.3, 0.4) is 0 Å². The Morgan fingerprint density at radius 2 is 2.31 bits per heavy atom. The van der Waals surface area contributed by atoms with Crippen LogP contribution in [-0.2, 0) is 4.79 Å². The molecule has 5 heteroatoms. The molecular weight excluding hydrogens is 322 g/mol. The summed E-state index contributed by atoms with van der Waals surface area (Å²) < 4.78 is 13.6. The van der Waals surface area contributed by atoms with E-state index in [-0.39, 0.29) is 11.7 Å². The van der Waals surface area contributed by atoms with Crippen LogP contribution in [0.2, 0.25) is 0 Å². The summed E-state index contributed by atoms with van der Waals surface area (Å²) >= 11 is 2.01. The number of amides is 1. The third-order valence-electron chi connectivity index (χ3n) is 2.55. The smallest absolute Gasteiger partial charge is 0.224 e. The third-order valence-corrected chi connectivity index (χ3v) is 3.44. The Labute approximate surface area is 107 Å². The number of rotatable bonds is 3. The molecule has 2 rings (SSSR count). The molecule has 1 heterocycles. The Balaban J connectivity index is 1.94. The SMILES string of the molecule is O=C(CC1CNC1)Nc1ccc(F)cc1I. The van der Waals surface area contributed by atoms with Crippen LogP contribution in [0.1, 0.15) is 6.42 Å². The lowest BCUT2D eigenvalue weighted by Crippen LogP contribution is -2.43. The lowest BCUT2D eigenvalue weighted by molar-refractivity contribution is -0.117. The molecular formula is C11H12FIN2O. The molecule has 0 aliphatic carbocycles. The summed E-state index contributed by atoms with van der Waals surface area (Å²) in [5, 5.41) is 5.91. The Morgan fingerprint density at radius 1 is 1.56 bits per heavy atom. The van der Waals surface area contributed by atoms with Crippen LogP contribution >= 0.6 is 22.6 Å². The van der Waals surface area contributed by atoms with E-state index < -0.39 is 0 Å². The zero-order valence-electron chi connectivity index (χ0n) is 8.59. The molecule has 16 heavy (non-hydrogen) atoms. The monoisotopic (exact) mass is 334 g/mol. The maximum Gasteiger partial charge on any atom is 0.224 e. The fourth-order valence-electron chi connectivity index (χ4n) is 1.55. The molecule has 1 fully saturated rings. The summed E-state index contributed by atoms with van der Waals surface area (Å²) in [5.74, 6) is 0.153. The van der Waals surface area contributed by atoms with Gasteiger partial charge in [-0.1, -0.05) is 0 Å². The highest BCUT2D eigenvalue weighted by atomic mass is 127. The number of nitrogens with one attached hydrogen (secondary N) is 2. The van der Waals surface area contributed by atoms with Gasteiger partial charge in [-0.25, -0.2) is 4.39 Å². The fraction of sp³-hybridized carbons (Fsp3) is 0.364. The average molecular weight is 334 g/mol. The summed E-state index contributed by atoms with van der Waals surface area (Å²) in [7, 11) is 0. The van der Waals surface area contributed by atoms with Gasteiger partial charge in [0.2, 0.25) is 5.91 Å². The first kappa shape index (κ1) is 11.8. The summed E-state index contributed by atoms with van der Waals surface area (Å²) in [6.07, 6.45) is 0.528. The Morgan fingerprint density at radius 3 is 2.88 bits per heavy atom. The largest absolute Gasteiger partial charge is 0.325 e. The van der Waals surface area contributed by atoms with Crippen LogP contribution < -0.4 is 10.6 Å². The van der Waals surface area contributed by atoms with E-state index in [1.165, 1.54) is 12.1 Å². The molecule has 1 aromatic carbocycles. The van der Waals surface area contributed by atoms with Crippen LogP contribution in [0.25, 0.3) is 0 Å². The van der Waals surface area contributed by atoms with Gasteiger partial charge >= 0.3 is 0 Å². The van der Waals surface area contributed by atoms with Crippen molar-refractivity contribution in [1.29, 1.82) is 0 Å². The van der Waals surface area contributed by atoms with Crippen molar-refractivity contribution in [3.05, 3.63) is 27.6 Å². The quantitative estimate of drug-likeness (QED) is 0.830. The molecule has 86 valence electrons. The minimum Gasteiger partial charge on any atom is -0.325 e. The maximum absolute atomic E-state index is 12.8. The van der Waals surface area contributed by atoms with E-state index in [2.05, 4.69) is 10.6 Å². The van der Waals surface area contributed by atoms with E-state index in [0.717, 1.165) is 16.7 Å². The maximum atomic E-state index is 12.8. The number of carbonyl (C=O) groups excluding carboxylic acids is 1. The molecule has 1 saturated heterocycles. The van der Waals surface area contributed by atoms with Crippen molar-refractivity contribution in [2.24, 2.45) is 5.92 Å². The molecule has 0 atom stereocenters. The second kappa shape index (κ2) is 5.09. The number of anilines is 1. The lowest BCUT2D eigenvalue weighted by atomic mass is 9.99. The van der Waals surface area contributed by atoms with Crippen molar-refractivity contribution in [3.8, 4) is 0 Å². The van der Waals surface area contributed by atoms with E-state index in [9.17, 15) is 9.18 Å². The third kappa shape index (κ3) is 2.91. The number of halogens is 2. The zero-order chi connectivity index (χ0) is 11.5. The second-order valence-electron chi connectivity index (χ2n) is 3.90. The van der Waals surface area contributed by atoms with Gasteiger partial charge in [0.15, 0.2) is 0 Å². The van der Waals surface area contributed by atoms with Crippen molar-refractivity contribution >= 4 is 34.2 Å². The minimum atomic E-state index is -0.286. The molecule has 1 aliphatic heterocycles. The average Bonchev–Trinajstić information content (AvgIpc) is 2.16. The van der Waals surface area contributed by atoms with E-state index in [0.29, 0.717) is 18.0 Å². The molecule has 3 nitrogen and oxygen atoms in total. The standard InChI is InChI=1S/C11H12FIN2O/c12-8-1-2-10(9(13)4-8)15-11(16)3-7-5-14-6-7/h1-2,4,7,14H,3,5-6H2,(H,15,16). The lowest BCUT2D eigenvalue weighted by Gasteiger charge is -2.26. The van der Waals surface area contributed by atoms with Gasteiger partial charge < -0.3 is 10.6 Å². The van der Waals surface area contributed by atoms with Gasteiger partial charge in [0.1, 0.15) is 5.82 Å². The van der Waals surface area contributed by atoms with Crippen molar-refractivity contribution in [2.45, 2.75) is 6.42 Å². The van der Waals surface area contributed by atoms with Gasteiger partial charge in [-0.3, -0.25) is 4.79 Å².